The molecule has 0 aromatic heterocycles. The molecule has 13 heavy (non-hydrogen) atoms. The van der Waals surface area contributed by atoms with Crippen LogP contribution in [0.4, 0.5) is 0 Å². The van der Waals surface area contributed by atoms with Crippen molar-refractivity contribution in [3.8, 4) is 0 Å². The lowest BCUT2D eigenvalue weighted by Crippen LogP contribution is -2.65. The molecule has 0 N–H and O–H groups in total. The molecule has 0 radical (unpaired) electrons. The normalized spacial score (nSPS) is 56.8. The second kappa shape index (κ2) is 2.17. The van der Waals surface area contributed by atoms with Crippen LogP contribution in [0.15, 0.2) is 0 Å². The highest BCUT2D eigenvalue weighted by Gasteiger charge is 2.53. The predicted octanol–water partition coefficient (Wildman–Crippen LogP) is -0.671. The lowest BCUT2D eigenvalue weighted by molar-refractivity contribution is 0.104. The predicted molar refractivity (Wildman–Crippen MR) is 46.4 cm³/mol. The van der Waals surface area contributed by atoms with Gasteiger partial charge in [-0.05, 0) is 0 Å². The number of rotatable bonds is 0. The highest BCUT2D eigenvalue weighted by Crippen LogP contribution is 2.56. The van der Waals surface area contributed by atoms with Crippen LogP contribution in [0, 0.1) is 0 Å². The van der Waals surface area contributed by atoms with E-state index in [0.29, 0.717) is 19.6 Å². The van der Waals surface area contributed by atoms with Crippen molar-refractivity contribution in [2.75, 3.05) is 32.2 Å². The molecule has 2 unspecified atom stereocenters. The first kappa shape index (κ1) is 8.38. The van der Waals surface area contributed by atoms with Crippen molar-refractivity contribution in [2.24, 2.45) is 0 Å². The molecule has 4 heterocycles. The third-order valence-electron chi connectivity index (χ3n) is 2.66. The SMILES string of the molecule is O=P12CN3CN(C1)S(=O)(=O)N(C3)C2. The molecule has 4 aliphatic heterocycles. The van der Waals surface area contributed by atoms with E-state index in [2.05, 4.69) is 0 Å². The third-order valence-corrected chi connectivity index (χ3v) is 7.46. The van der Waals surface area contributed by atoms with Crippen molar-refractivity contribution >= 4 is 17.4 Å². The Morgan fingerprint density at radius 2 is 1.54 bits per heavy atom. The van der Waals surface area contributed by atoms with E-state index in [0.717, 1.165) is 0 Å². The Hall–Kier alpha value is 0.0600. The van der Waals surface area contributed by atoms with Gasteiger partial charge in [-0.2, -0.15) is 17.0 Å². The molecule has 4 rings (SSSR count). The monoisotopic (exact) mass is 223 g/mol. The Balaban J connectivity index is 2.13. The molecule has 2 atom stereocenters. The smallest absolute Gasteiger partial charge is 0.285 e. The van der Waals surface area contributed by atoms with Crippen molar-refractivity contribution in [3.63, 3.8) is 0 Å². The molecule has 74 valence electrons. The van der Waals surface area contributed by atoms with Crippen LogP contribution < -0.4 is 0 Å². The van der Waals surface area contributed by atoms with Crippen LogP contribution in [0.3, 0.4) is 0 Å². The Kier molecular flexibility index (Phi) is 1.40. The van der Waals surface area contributed by atoms with E-state index < -0.39 is 17.4 Å². The van der Waals surface area contributed by atoms with E-state index in [9.17, 15) is 13.0 Å². The summed E-state index contributed by atoms with van der Waals surface area (Å²) in [7, 11) is -5.50. The summed E-state index contributed by atoms with van der Waals surface area (Å²) in [6.07, 6.45) is 1.10. The highest BCUT2D eigenvalue weighted by molar-refractivity contribution is 7.88. The molecule has 8 heteroatoms. The summed E-state index contributed by atoms with van der Waals surface area (Å²) in [4.78, 5) is 1.93. The van der Waals surface area contributed by atoms with Gasteiger partial charge in [0.1, 0.15) is 7.14 Å². The minimum Gasteiger partial charge on any atom is -0.319 e. The fraction of sp³-hybridized carbons (Fsp3) is 1.00. The zero-order valence-electron chi connectivity index (χ0n) is 6.96. The summed E-state index contributed by atoms with van der Waals surface area (Å²) >= 11 is 0. The second-order valence-corrected chi connectivity index (χ2v) is 8.74. The van der Waals surface area contributed by atoms with Gasteiger partial charge in [0.25, 0.3) is 10.2 Å². The lowest BCUT2D eigenvalue weighted by Gasteiger charge is -2.52. The molecule has 0 aliphatic carbocycles. The minimum atomic E-state index is -3.25. The molecule has 4 aliphatic rings. The number of nitrogens with zero attached hydrogens (tertiary/aromatic N) is 3. The van der Waals surface area contributed by atoms with Gasteiger partial charge >= 0.3 is 0 Å². The van der Waals surface area contributed by atoms with Crippen LogP contribution >= 0.6 is 7.14 Å². The summed E-state index contributed by atoms with van der Waals surface area (Å²) in [6.45, 7) is 0.839. The van der Waals surface area contributed by atoms with Crippen LogP contribution in [0.25, 0.3) is 0 Å². The second-order valence-electron chi connectivity index (χ2n) is 3.85. The van der Waals surface area contributed by atoms with Crippen molar-refractivity contribution in [1.29, 1.82) is 0 Å². The molecule has 0 spiro atoms. The zero-order chi connectivity index (χ0) is 9.27. The fourth-order valence-electron chi connectivity index (χ4n) is 2.20. The summed E-state index contributed by atoms with van der Waals surface area (Å²) < 4.78 is 37.9. The van der Waals surface area contributed by atoms with E-state index in [-0.39, 0.29) is 12.6 Å². The van der Waals surface area contributed by atoms with Gasteiger partial charge in [-0.1, -0.05) is 0 Å². The van der Waals surface area contributed by atoms with Crippen molar-refractivity contribution in [3.05, 3.63) is 0 Å². The summed E-state index contributed by atoms with van der Waals surface area (Å²) in [5.41, 5.74) is 0. The standard InChI is InChI=1S/C5H10N3O3PS/c9-12-3-6-1-7(4-12)13(10,11)8(2-6)5-12/h1-5H2. The van der Waals surface area contributed by atoms with E-state index in [1.54, 1.807) is 0 Å². The molecule has 0 aromatic carbocycles. The van der Waals surface area contributed by atoms with Crippen molar-refractivity contribution < 1.29 is 13.0 Å². The number of hydrogen-bond donors (Lipinski definition) is 0. The van der Waals surface area contributed by atoms with Gasteiger partial charge in [-0.25, -0.2) is 0 Å². The molecule has 0 aromatic rings. The number of hydrogen-bond acceptors (Lipinski definition) is 4. The largest absolute Gasteiger partial charge is 0.319 e. The van der Waals surface area contributed by atoms with Crippen LogP contribution in [-0.2, 0) is 14.8 Å². The van der Waals surface area contributed by atoms with Gasteiger partial charge < -0.3 is 4.57 Å². The van der Waals surface area contributed by atoms with Gasteiger partial charge in [-0.15, -0.1) is 0 Å². The molecular weight excluding hydrogens is 213 g/mol. The molecule has 6 nitrogen and oxygen atoms in total. The average molecular weight is 223 g/mol. The van der Waals surface area contributed by atoms with Crippen molar-refractivity contribution in [1.82, 2.24) is 13.5 Å². The van der Waals surface area contributed by atoms with Gasteiger partial charge in [0.15, 0.2) is 0 Å². The Labute approximate surface area is 76.6 Å². The molecular formula is C5H10N3O3PS. The summed E-state index contributed by atoms with van der Waals surface area (Å²) in [5.74, 6) is 0. The van der Waals surface area contributed by atoms with Crippen LogP contribution in [0.5, 0.6) is 0 Å². The Morgan fingerprint density at radius 3 is 2.00 bits per heavy atom. The third kappa shape index (κ3) is 0.993. The Morgan fingerprint density at radius 1 is 1.00 bits per heavy atom. The maximum absolute atomic E-state index is 12.0. The summed E-state index contributed by atoms with van der Waals surface area (Å²) in [6, 6.07) is 0. The molecule has 0 amide bonds. The van der Waals surface area contributed by atoms with Crippen LogP contribution in [0.1, 0.15) is 0 Å². The van der Waals surface area contributed by atoms with Gasteiger partial charge in [0, 0.05) is 0 Å². The summed E-state index contributed by atoms with van der Waals surface area (Å²) in [5, 5.41) is 0. The van der Waals surface area contributed by atoms with E-state index in [4.69, 9.17) is 0 Å². The molecule has 0 saturated carbocycles. The maximum Gasteiger partial charge on any atom is 0.285 e. The van der Waals surface area contributed by atoms with E-state index in [1.807, 2.05) is 4.90 Å². The van der Waals surface area contributed by atoms with E-state index >= 15 is 0 Å². The topological polar surface area (TPSA) is 60.9 Å². The van der Waals surface area contributed by atoms with E-state index in [1.165, 1.54) is 8.61 Å². The first-order valence-electron chi connectivity index (χ1n) is 4.04. The zero-order valence-corrected chi connectivity index (χ0v) is 8.67. The first-order valence-corrected chi connectivity index (χ1v) is 7.70. The van der Waals surface area contributed by atoms with Gasteiger partial charge in [0.2, 0.25) is 0 Å². The Bertz CT molecular complexity index is 381. The fourth-order valence-corrected chi connectivity index (χ4v) is 8.08. The quantitative estimate of drug-likeness (QED) is 0.511. The first-order chi connectivity index (χ1) is 6.00. The average Bonchev–Trinajstić information content (AvgIpc) is 1.97. The van der Waals surface area contributed by atoms with Crippen molar-refractivity contribution in [2.45, 2.75) is 0 Å². The minimum absolute atomic E-state index is 0.252. The maximum atomic E-state index is 12.0. The molecule has 4 bridgehead atoms. The molecule has 4 saturated heterocycles. The van der Waals surface area contributed by atoms with Gasteiger partial charge in [0.05, 0.1) is 32.2 Å². The highest BCUT2D eigenvalue weighted by atomic mass is 32.2. The van der Waals surface area contributed by atoms with Gasteiger partial charge in [-0.3, -0.25) is 4.90 Å². The van der Waals surface area contributed by atoms with Crippen LogP contribution in [-0.4, -0.2) is 54.1 Å². The molecule has 4 fully saturated rings. The van der Waals surface area contributed by atoms with Crippen LogP contribution in [0.2, 0.25) is 0 Å². The lowest BCUT2D eigenvalue weighted by atomic mass is 10.7.